The van der Waals surface area contributed by atoms with Gasteiger partial charge >= 0.3 is 0 Å². The van der Waals surface area contributed by atoms with E-state index in [4.69, 9.17) is 4.42 Å². The molecule has 0 spiro atoms. The van der Waals surface area contributed by atoms with Gasteiger partial charge in [0.05, 0.1) is 0 Å². The van der Waals surface area contributed by atoms with Crippen LogP contribution in [0.5, 0.6) is 0 Å². The van der Waals surface area contributed by atoms with E-state index >= 15 is 0 Å². The highest BCUT2D eigenvalue weighted by molar-refractivity contribution is 5.74. The quantitative estimate of drug-likeness (QED) is 0.814. The minimum Gasteiger partial charge on any atom is -0.438 e. The van der Waals surface area contributed by atoms with Crippen molar-refractivity contribution in [3.63, 3.8) is 0 Å². The minimum absolute atomic E-state index is 0.0928. The maximum Gasteiger partial charge on any atom is 0.217 e. The number of aromatic nitrogens is 1. The molecular weight excluding hydrogens is 192 g/mol. The third-order valence-electron chi connectivity index (χ3n) is 2.10. The second-order valence-corrected chi connectivity index (χ2v) is 3.44. The molecule has 0 saturated carbocycles. The molecule has 0 aliphatic heterocycles. The molecule has 2 aromatic rings. The highest BCUT2D eigenvalue weighted by atomic mass is 16.3. The van der Waals surface area contributed by atoms with Crippen LogP contribution in [0, 0.1) is 0 Å². The molecule has 2 rings (SSSR count). The summed E-state index contributed by atoms with van der Waals surface area (Å²) in [5, 5.41) is 2.72. The Hall–Kier alpha value is -1.84. The van der Waals surface area contributed by atoms with Crippen LogP contribution < -0.4 is 5.32 Å². The van der Waals surface area contributed by atoms with Gasteiger partial charge in [-0.1, -0.05) is 12.1 Å². The fraction of sp³-hybridized carbons (Fsp3) is 0.273. The van der Waals surface area contributed by atoms with Crippen LogP contribution in [0.2, 0.25) is 0 Å². The molecule has 0 saturated heterocycles. The van der Waals surface area contributed by atoms with Crippen molar-refractivity contribution in [2.24, 2.45) is 0 Å². The van der Waals surface area contributed by atoms with E-state index in [2.05, 4.69) is 10.3 Å². The summed E-state index contributed by atoms with van der Waals surface area (Å²) < 4.78 is 5.50. The lowest BCUT2D eigenvalue weighted by atomic mass is 10.3. The zero-order chi connectivity index (χ0) is 10.8. The zero-order valence-electron chi connectivity index (χ0n) is 8.65. The molecule has 0 aliphatic rings. The van der Waals surface area contributed by atoms with E-state index in [9.17, 15) is 4.79 Å². The summed E-state index contributed by atoms with van der Waals surface area (Å²) in [4.78, 5) is 15.1. The van der Waals surface area contributed by atoms with E-state index < -0.39 is 0 Å². The number of benzene rings is 1. The van der Waals surface area contributed by atoms with Gasteiger partial charge in [0.25, 0.3) is 0 Å². The van der Waals surface area contributed by atoms with Gasteiger partial charge < -0.3 is 9.73 Å². The maximum absolute atomic E-state index is 10.9. The number of hydrogen-bond donors (Lipinski definition) is 1. The fourth-order valence-electron chi connectivity index (χ4n) is 1.44. The minimum atomic E-state index is -0.199. The first-order chi connectivity index (χ1) is 7.16. The Morgan fingerprint density at radius 3 is 2.87 bits per heavy atom. The van der Waals surface area contributed by atoms with Crippen molar-refractivity contribution in [2.75, 3.05) is 0 Å². The standard InChI is InChI=1S/C11H12N2O2/c1-7(12-8(2)14)11-13-9-5-3-4-6-10(9)15-11/h3-7H,1-2H3,(H,12,14)/t7-/m1/s1. The van der Waals surface area contributed by atoms with E-state index in [1.807, 2.05) is 31.2 Å². The lowest BCUT2D eigenvalue weighted by Crippen LogP contribution is -2.23. The topological polar surface area (TPSA) is 55.1 Å². The van der Waals surface area contributed by atoms with Gasteiger partial charge in [-0.3, -0.25) is 4.79 Å². The van der Waals surface area contributed by atoms with Crippen molar-refractivity contribution in [3.8, 4) is 0 Å². The third kappa shape index (κ3) is 1.98. The molecule has 1 aromatic carbocycles. The summed E-state index contributed by atoms with van der Waals surface area (Å²) in [6.45, 7) is 3.31. The second kappa shape index (κ2) is 3.73. The van der Waals surface area contributed by atoms with Crippen LogP contribution in [0.25, 0.3) is 11.1 Å². The third-order valence-corrected chi connectivity index (χ3v) is 2.10. The number of fused-ring (bicyclic) bond motifs is 1. The van der Waals surface area contributed by atoms with Crippen LogP contribution in [0.1, 0.15) is 25.8 Å². The average Bonchev–Trinajstić information content (AvgIpc) is 2.59. The molecular formula is C11H12N2O2. The molecule has 0 bridgehead atoms. The van der Waals surface area contributed by atoms with Crippen molar-refractivity contribution in [1.29, 1.82) is 0 Å². The average molecular weight is 204 g/mol. The van der Waals surface area contributed by atoms with Crippen molar-refractivity contribution >= 4 is 17.0 Å². The van der Waals surface area contributed by atoms with Gasteiger partial charge in [-0.2, -0.15) is 0 Å². The molecule has 1 amide bonds. The Labute approximate surface area is 87.3 Å². The van der Waals surface area contributed by atoms with Crippen LogP contribution in [0.3, 0.4) is 0 Å². The Kier molecular flexibility index (Phi) is 2.41. The van der Waals surface area contributed by atoms with Gasteiger partial charge in [-0.15, -0.1) is 0 Å². The molecule has 1 aromatic heterocycles. The summed E-state index contributed by atoms with van der Waals surface area (Å²) >= 11 is 0. The fourth-order valence-corrected chi connectivity index (χ4v) is 1.44. The predicted octanol–water partition coefficient (Wildman–Crippen LogP) is 2.02. The smallest absolute Gasteiger partial charge is 0.217 e. The van der Waals surface area contributed by atoms with Gasteiger partial charge in [0.15, 0.2) is 5.58 Å². The second-order valence-electron chi connectivity index (χ2n) is 3.44. The summed E-state index contributed by atoms with van der Waals surface area (Å²) in [7, 11) is 0. The Morgan fingerprint density at radius 2 is 2.20 bits per heavy atom. The van der Waals surface area contributed by atoms with Crippen molar-refractivity contribution < 1.29 is 9.21 Å². The molecule has 0 fully saturated rings. The molecule has 1 heterocycles. The van der Waals surface area contributed by atoms with Crippen molar-refractivity contribution in [1.82, 2.24) is 10.3 Å². The lowest BCUT2D eigenvalue weighted by molar-refractivity contribution is -0.119. The molecule has 1 atom stereocenters. The van der Waals surface area contributed by atoms with Crippen molar-refractivity contribution in [2.45, 2.75) is 19.9 Å². The van der Waals surface area contributed by atoms with Crippen LogP contribution in [-0.4, -0.2) is 10.9 Å². The Balaban J connectivity index is 2.32. The van der Waals surface area contributed by atoms with E-state index in [1.165, 1.54) is 6.92 Å². The largest absolute Gasteiger partial charge is 0.438 e. The highest BCUT2D eigenvalue weighted by Gasteiger charge is 2.13. The Morgan fingerprint density at radius 1 is 1.47 bits per heavy atom. The van der Waals surface area contributed by atoms with E-state index in [1.54, 1.807) is 0 Å². The molecule has 0 unspecified atom stereocenters. The lowest BCUT2D eigenvalue weighted by Gasteiger charge is -2.06. The SMILES string of the molecule is CC(=O)N[C@H](C)c1nc2ccccc2o1. The zero-order valence-corrected chi connectivity index (χ0v) is 8.65. The maximum atomic E-state index is 10.9. The van der Waals surface area contributed by atoms with Gasteiger partial charge in [-0.25, -0.2) is 4.98 Å². The number of oxazole rings is 1. The summed E-state index contributed by atoms with van der Waals surface area (Å²) in [5.74, 6) is 0.441. The number of para-hydroxylation sites is 2. The molecule has 4 nitrogen and oxygen atoms in total. The number of rotatable bonds is 2. The van der Waals surface area contributed by atoms with Crippen LogP contribution >= 0.6 is 0 Å². The van der Waals surface area contributed by atoms with Gasteiger partial charge in [0.1, 0.15) is 11.6 Å². The monoisotopic (exact) mass is 204 g/mol. The number of nitrogens with zero attached hydrogens (tertiary/aromatic N) is 1. The molecule has 78 valence electrons. The number of amides is 1. The first-order valence-electron chi connectivity index (χ1n) is 4.79. The van der Waals surface area contributed by atoms with E-state index in [-0.39, 0.29) is 11.9 Å². The first-order valence-corrected chi connectivity index (χ1v) is 4.79. The number of nitrogens with one attached hydrogen (secondary N) is 1. The normalized spacial score (nSPS) is 12.7. The number of hydrogen-bond acceptors (Lipinski definition) is 3. The summed E-state index contributed by atoms with van der Waals surface area (Å²) in [6.07, 6.45) is 0. The number of carbonyl (C=O) groups excluding carboxylic acids is 1. The molecule has 15 heavy (non-hydrogen) atoms. The summed E-state index contributed by atoms with van der Waals surface area (Å²) in [6, 6.07) is 7.32. The van der Waals surface area contributed by atoms with E-state index in [0.29, 0.717) is 5.89 Å². The molecule has 0 radical (unpaired) electrons. The molecule has 4 heteroatoms. The van der Waals surface area contributed by atoms with Gasteiger partial charge in [-0.05, 0) is 19.1 Å². The van der Waals surface area contributed by atoms with E-state index in [0.717, 1.165) is 11.1 Å². The van der Waals surface area contributed by atoms with Crippen LogP contribution in [-0.2, 0) is 4.79 Å². The highest BCUT2D eigenvalue weighted by Crippen LogP contribution is 2.19. The number of carbonyl (C=O) groups is 1. The van der Waals surface area contributed by atoms with Gasteiger partial charge in [0.2, 0.25) is 11.8 Å². The molecule has 0 aliphatic carbocycles. The van der Waals surface area contributed by atoms with Gasteiger partial charge in [0, 0.05) is 6.92 Å². The van der Waals surface area contributed by atoms with Crippen LogP contribution in [0.15, 0.2) is 28.7 Å². The van der Waals surface area contributed by atoms with Crippen LogP contribution in [0.4, 0.5) is 0 Å². The van der Waals surface area contributed by atoms with Crippen molar-refractivity contribution in [3.05, 3.63) is 30.2 Å². The predicted molar refractivity (Wildman–Crippen MR) is 56.2 cm³/mol. The molecule has 1 N–H and O–H groups in total. The Bertz CT molecular complexity index is 457. The first kappa shape index (κ1) is 9.71. The summed E-state index contributed by atoms with van der Waals surface area (Å²) in [5.41, 5.74) is 1.55.